The van der Waals surface area contributed by atoms with E-state index >= 15 is 0 Å². The van der Waals surface area contributed by atoms with Crippen LogP contribution in [-0.4, -0.2) is 26.4 Å². The van der Waals surface area contributed by atoms with Gasteiger partial charge in [0.1, 0.15) is 0 Å². The number of piperidine rings is 1. The molecule has 0 amide bonds. The molecule has 0 aromatic carbocycles. The maximum atomic E-state index is 5.34. The number of hydrogen-bond acceptors (Lipinski definition) is 5. The fraction of sp³-hybridized carbons (Fsp3) is 0.316. The van der Waals surface area contributed by atoms with E-state index in [-0.39, 0.29) is 0 Å². The Morgan fingerprint density at radius 3 is 2.71 bits per heavy atom. The van der Waals surface area contributed by atoms with Crippen LogP contribution in [0.2, 0.25) is 0 Å². The second-order valence-electron chi connectivity index (χ2n) is 6.13. The van der Waals surface area contributed by atoms with Gasteiger partial charge in [-0.2, -0.15) is 0 Å². The Morgan fingerprint density at radius 1 is 1.04 bits per heavy atom. The number of aromatic nitrogens is 3. The molecule has 0 unspecified atom stereocenters. The summed E-state index contributed by atoms with van der Waals surface area (Å²) in [5.74, 6) is 1.33. The Hall–Kier alpha value is -2.53. The van der Waals surface area contributed by atoms with Crippen molar-refractivity contribution in [3.05, 3.63) is 66.4 Å². The minimum Gasteiger partial charge on any atom is -0.461 e. The molecule has 4 rings (SSSR count). The van der Waals surface area contributed by atoms with E-state index < -0.39 is 0 Å². The molecule has 1 aliphatic heterocycles. The van der Waals surface area contributed by atoms with Crippen molar-refractivity contribution in [1.82, 2.24) is 19.9 Å². The summed E-state index contributed by atoms with van der Waals surface area (Å²) in [6.45, 7) is 1.93. The highest BCUT2D eigenvalue weighted by molar-refractivity contribution is 5.45. The van der Waals surface area contributed by atoms with Crippen LogP contribution in [0.5, 0.6) is 0 Å². The molecule has 1 fully saturated rings. The first-order valence-corrected chi connectivity index (χ1v) is 8.40. The topological polar surface area (TPSA) is 55.1 Å². The summed E-state index contributed by atoms with van der Waals surface area (Å²) in [5.41, 5.74) is 2.28. The molecule has 0 saturated carbocycles. The van der Waals surface area contributed by atoms with Gasteiger partial charge in [-0.1, -0.05) is 12.5 Å². The van der Waals surface area contributed by atoms with Crippen molar-refractivity contribution in [2.75, 3.05) is 6.54 Å². The molecular weight excluding hydrogens is 300 g/mol. The molecule has 24 heavy (non-hydrogen) atoms. The smallest absolute Gasteiger partial charge is 0.195 e. The van der Waals surface area contributed by atoms with E-state index in [0.717, 1.165) is 30.8 Å². The lowest BCUT2D eigenvalue weighted by atomic mass is 9.98. The molecular formula is C19H20N4O. The molecule has 3 aromatic rings. The second kappa shape index (κ2) is 6.93. The molecule has 0 aliphatic carbocycles. The van der Waals surface area contributed by atoms with Gasteiger partial charge in [0.25, 0.3) is 0 Å². The lowest BCUT2D eigenvalue weighted by Gasteiger charge is -2.35. The number of furan rings is 1. The second-order valence-corrected chi connectivity index (χ2v) is 6.13. The molecule has 4 heterocycles. The number of nitrogens with zero attached hydrogens (tertiary/aromatic N) is 4. The van der Waals surface area contributed by atoms with Gasteiger partial charge in [0, 0.05) is 30.7 Å². The third-order valence-corrected chi connectivity index (χ3v) is 4.48. The van der Waals surface area contributed by atoms with Crippen LogP contribution in [0, 0.1) is 0 Å². The normalized spacial score (nSPS) is 18.6. The summed E-state index contributed by atoms with van der Waals surface area (Å²) in [5, 5.41) is 0. The van der Waals surface area contributed by atoms with Gasteiger partial charge in [0.05, 0.1) is 18.0 Å². The Bertz CT molecular complexity index is 756. The van der Waals surface area contributed by atoms with Gasteiger partial charge in [-0.15, -0.1) is 0 Å². The number of pyridine rings is 1. The van der Waals surface area contributed by atoms with E-state index in [1.165, 1.54) is 12.8 Å². The van der Waals surface area contributed by atoms with Crippen LogP contribution in [0.3, 0.4) is 0 Å². The van der Waals surface area contributed by atoms with Gasteiger partial charge in [0.2, 0.25) is 0 Å². The van der Waals surface area contributed by atoms with Crippen molar-refractivity contribution in [3.8, 4) is 11.6 Å². The Kier molecular flexibility index (Phi) is 4.34. The van der Waals surface area contributed by atoms with E-state index in [0.29, 0.717) is 17.6 Å². The molecule has 122 valence electrons. The Morgan fingerprint density at radius 2 is 1.96 bits per heavy atom. The van der Waals surface area contributed by atoms with Crippen LogP contribution >= 0.6 is 0 Å². The van der Waals surface area contributed by atoms with Crippen molar-refractivity contribution in [1.29, 1.82) is 0 Å². The first kappa shape index (κ1) is 15.0. The minimum absolute atomic E-state index is 0.379. The fourth-order valence-electron chi connectivity index (χ4n) is 3.29. The van der Waals surface area contributed by atoms with E-state index in [2.05, 4.69) is 32.0 Å². The molecule has 1 atom stereocenters. The zero-order chi connectivity index (χ0) is 16.2. The highest BCUT2D eigenvalue weighted by Crippen LogP contribution is 2.30. The van der Waals surface area contributed by atoms with Crippen molar-refractivity contribution in [2.45, 2.75) is 31.8 Å². The summed E-state index contributed by atoms with van der Waals surface area (Å²) in [6.07, 6.45) is 11.0. The average Bonchev–Trinajstić information content (AvgIpc) is 3.18. The monoisotopic (exact) mass is 320 g/mol. The minimum atomic E-state index is 0.379. The van der Waals surface area contributed by atoms with Gasteiger partial charge in [-0.25, -0.2) is 9.97 Å². The first-order valence-electron chi connectivity index (χ1n) is 8.40. The zero-order valence-electron chi connectivity index (χ0n) is 13.5. The lowest BCUT2D eigenvalue weighted by molar-refractivity contribution is 0.137. The highest BCUT2D eigenvalue weighted by atomic mass is 16.3. The molecule has 3 aromatic heterocycles. The molecule has 1 saturated heterocycles. The van der Waals surface area contributed by atoms with Gasteiger partial charge in [-0.3, -0.25) is 9.88 Å². The lowest BCUT2D eigenvalue weighted by Crippen LogP contribution is -2.33. The fourth-order valence-corrected chi connectivity index (χ4v) is 3.29. The van der Waals surface area contributed by atoms with Crippen LogP contribution in [0.15, 0.2) is 59.6 Å². The maximum Gasteiger partial charge on any atom is 0.195 e. The molecule has 5 heteroatoms. The van der Waals surface area contributed by atoms with Gasteiger partial charge in [0.15, 0.2) is 11.6 Å². The van der Waals surface area contributed by atoms with E-state index in [4.69, 9.17) is 4.42 Å². The summed E-state index contributed by atoms with van der Waals surface area (Å²) >= 11 is 0. The van der Waals surface area contributed by atoms with Gasteiger partial charge in [-0.05, 0) is 43.7 Å². The maximum absolute atomic E-state index is 5.34. The third kappa shape index (κ3) is 3.21. The van der Waals surface area contributed by atoms with E-state index in [9.17, 15) is 0 Å². The summed E-state index contributed by atoms with van der Waals surface area (Å²) in [6, 6.07) is 10.3. The zero-order valence-corrected chi connectivity index (χ0v) is 13.5. The molecule has 5 nitrogen and oxygen atoms in total. The standard InChI is InChI=1S/C19H20N4O/c1-3-9-20-16(6-1)17-7-2-4-10-23(17)14-15-12-21-19(22-13-15)18-8-5-11-24-18/h1,3,5-6,8-9,11-13,17H,2,4,7,10,14H2/t17-/m0/s1. The average molecular weight is 320 g/mol. The van der Waals surface area contributed by atoms with Crippen LogP contribution < -0.4 is 0 Å². The van der Waals surface area contributed by atoms with E-state index in [1.54, 1.807) is 6.26 Å². The predicted octanol–water partition coefficient (Wildman–Crippen LogP) is 3.86. The van der Waals surface area contributed by atoms with Crippen molar-refractivity contribution < 1.29 is 4.42 Å². The van der Waals surface area contributed by atoms with Crippen molar-refractivity contribution in [3.63, 3.8) is 0 Å². The largest absolute Gasteiger partial charge is 0.461 e. The molecule has 0 spiro atoms. The Balaban J connectivity index is 1.50. The SMILES string of the molecule is c1ccc([C@@H]2CCCCN2Cc2cnc(-c3ccco3)nc2)nc1. The highest BCUT2D eigenvalue weighted by Gasteiger charge is 2.25. The van der Waals surface area contributed by atoms with Crippen LogP contribution in [0.25, 0.3) is 11.6 Å². The summed E-state index contributed by atoms with van der Waals surface area (Å²) in [7, 11) is 0. The van der Waals surface area contributed by atoms with Gasteiger partial charge < -0.3 is 4.42 Å². The summed E-state index contributed by atoms with van der Waals surface area (Å²) < 4.78 is 5.34. The third-order valence-electron chi connectivity index (χ3n) is 4.48. The molecule has 0 radical (unpaired) electrons. The van der Waals surface area contributed by atoms with Crippen LogP contribution in [0.1, 0.15) is 36.6 Å². The van der Waals surface area contributed by atoms with Gasteiger partial charge >= 0.3 is 0 Å². The molecule has 0 bridgehead atoms. The van der Waals surface area contributed by atoms with Crippen molar-refractivity contribution >= 4 is 0 Å². The molecule has 0 N–H and O–H groups in total. The number of hydrogen-bond donors (Lipinski definition) is 0. The summed E-state index contributed by atoms with van der Waals surface area (Å²) in [4.78, 5) is 15.9. The number of rotatable bonds is 4. The number of likely N-dealkylation sites (tertiary alicyclic amines) is 1. The van der Waals surface area contributed by atoms with E-state index in [1.807, 2.05) is 36.8 Å². The predicted molar refractivity (Wildman–Crippen MR) is 91.0 cm³/mol. The first-order chi connectivity index (χ1) is 11.9. The van der Waals surface area contributed by atoms with Crippen LogP contribution in [-0.2, 0) is 6.54 Å². The van der Waals surface area contributed by atoms with Crippen LogP contribution in [0.4, 0.5) is 0 Å². The van der Waals surface area contributed by atoms with Crippen molar-refractivity contribution in [2.24, 2.45) is 0 Å². The Labute approximate surface area is 141 Å². The quantitative estimate of drug-likeness (QED) is 0.730. The molecule has 1 aliphatic rings.